The number of guanidine groups is 1. The minimum atomic E-state index is 0.165. The molecule has 0 fully saturated rings. The van der Waals surface area contributed by atoms with Crippen LogP contribution in [0, 0.1) is 0 Å². The van der Waals surface area contributed by atoms with E-state index in [1.165, 1.54) is 5.56 Å². The Kier molecular flexibility index (Phi) is 5.32. The van der Waals surface area contributed by atoms with Crippen molar-refractivity contribution in [2.75, 3.05) is 6.54 Å². The van der Waals surface area contributed by atoms with Crippen LogP contribution in [0.5, 0.6) is 0 Å². The van der Waals surface area contributed by atoms with Crippen LogP contribution >= 0.6 is 15.9 Å². The van der Waals surface area contributed by atoms with Gasteiger partial charge in [0.25, 0.3) is 0 Å². The van der Waals surface area contributed by atoms with Crippen LogP contribution < -0.4 is 11.1 Å². The van der Waals surface area contributed by atoms with Crippen LogP contribution in [0.2, 0.25) is 0 Å². The van der Waals surface area contributed by atoms with Crippen molar-refractivity contribution < 1.29 is 0 Å². The zero-order valence-corrected chi connectivity index (χ0v) is 11.3. The van der Waals surface area contributed by atoms with Gasteiger partial charge in [-0.1, -0.05) is 35.0 Å². The van der Waals surface area contributed by atoms with Gasteiger partial charge in [-0.15, -0.1) is 0 Å². The Bertz CT molecular complexity index is 363. The number of rotatable bonds is 4. The highest BCUT2D eigenvalue weighted by Gasteiger charge is 2.05. The third kappa shape index (κ3) is 4.23. The molecule has 0 aromatic heterocycles. The van der Waals surface area contributed by atoms with Gasteiger partial charge in [-0.25, -0.2) is 0 Å². The Morgan fingerprint density at radius 2 is 2.31 bits per heavy atom. The molecule has 1 unspecified atom stereocenters. The van der Waals surface area contributed by atoms with E-state index >= 15 is 0 Å². The summed E-state index contributed by atoms with van der Waals surface area (Å²) < 4.78 is 1.07. The molecule has 0 saturated heterocycles. The summed E-state index contributed by atoms with van der Waals surface area (Å²) in [5, 5.41) is 3.17. The molecule has 4 heteroatoms. The van der Waals surface area contributed by atoms with Gasteiger partial charge in [0.15, 0.2) is 5.96 Å². The van der Waals surface area contributed by atoms with Crippen LogP contribution in [0.4, 0.5) is 0 Å². The topological polar surface area (TPSA) is 50.4 Å². The summed E-state index contributed by atoms with van der Waals surface area (Å²) in [5.74, 6) is 0.509. The molecule has 0 bridgehead atoms. The van der Waals surface area contributed by atoms with E-state index < -0.39 is 0 Å². The highest BCUT2D eigenvalue weighted by molar-refractivity contribution is 9.10. The lowest BCUT2D eigenvalue weighted by molar-refractivity contribution is 0.706. The lowest BCUT2D eigenvalue weighted by Gasteiger charge is -2.15. The van der Waals surface area contributed by atoms with Gasteiger partial charge in [0, 0.05) is 11.0 Å². The molecule has 0 amide bonds. The number of nitrogens with one attached hydrogen (secondary N) is 1. The third-order valence-electron chi connectivity index (χ3n) is 2.22. The van der Waals surface area contributed by atoms with Crippen LogP contribution in [0.1, 0.15) is 31.9 Å². The smallest absolute Gasteiger partial charge is 0.189 e. The maximum atomic E-state index is 5.76. The van der Waals surface area contributed by atoms with Crippen molar-refractivity contribution in [3.8, 4) is 0 Å². The molecular formula is C12H18BrN3. The molecule has 1 aromatic rings. The first-order valence-corrected chi connectivity index (χ1v) is 6.24. The Hall–Kier alpha value is -1.03. The first kappa shape index (κ1) is 13.0. The van der Waals surface area contributed by atoms with E-state index in [4.69, 9.17) is 5.73 Å². The number of hydrogen-bond acceptors (Lipinski definition) is 1. The van der Waals surface area contributed by atoms with E-state index in [2.05, 4.69) is 52.2 Å². The summed E-state index contributed by atoms with van der Waals surface area (Å²) >= 11 is 3.45. The Balaban J connectivity index is 2.61. The molecular weight excluding hydrogens is 266 g/mol. The molecule has 0 aliphatic heterocycles. The van der Waals surface area contributed by atoms with Gasteiger partial charge < -0.3 is 11.1 Å². The summed E-state index contributed by atoms with van der Waals surface area (Å²) in [6, 6.07) is 8.32. The fourth-order valence-corrected chi connectivity index (χ4v) is 1.78. The van der Waals surface area contributed by atoms with E-state index in [1.807, 2.05) is 12.1 Å². The zero-order valence-electron chi connectivity index (χ0n) is 9.70. The Labute approximate surface area is 105 Å². The van der Waals surface area contributed by atoms with Crippen molar-refractivity contribution in [3.63, 3.8) is 0 Å². The van der Waals surface area contributed by atoms with Crippen molar-refractivity contribution in [1.82, 2.24) is 5.32 Å². The second-order valence-corrected chi connectivity index (χ2v) is 4.60. The quantitative estimate of drug-likeness (QED) is 0.660. The Morgan fingerprint density at radius 1 is 1.56 bits per heavy atom. The standard InChI is InChI=1S/C12H18BrN3/c1-3-7-15-12(14)16-9(2)10-5-4-6-11(13)8-10/h4-6,8-9H,3,7H2,1-2H3,(H3,14,15,16). The molecule has 1 aromatic carbocycles. The average molecular weight is 284 g/mol. The number of benzene rings is 1. The third-order valence-corrected chi connectivity index (χ3v) is 2.71. The summed E-state index contributed by atoms with van der Waals surface area (Å²) in [5.41, 5.74) is 6.95. The van der Waals surface area contributed by atoms with E-state index in [1.54, 1.807) is 0 Å². The van der Waals surface area contributed by atoms with Crippen LogP contribution in [0.3, 0.4) is 0 Å². The monoisotopic (exact) mass is 283 g/mol. The van der Waals surface area contributed by atoms with E-state index in [0.717, 1.165) is 17.4 Å². The summed E-state index contributed by atoms with van der Waals surface area (Å²) in [6.45, 7) is 4.91. The van der Waals surface area contributed by atoms with Crippen LogP contribution in [0.25, 0.3) is 0 Å². The molecule has 0 spiro atoms. The average Bonchev–Trinajstić information content (AvgIpc) is 2.26. The predicted octanol–water partition coefficient (Wildman–Crippen LogP) is 2.82. The molecule has 88 valence electrons. The number of aliphatic imine (C=N–C) groups is 1. The SMILES string of the molecule is CCCN=C(N)NC(C)c1cccc(Br)c1. The van der Waals surface area contributed by atoms with Crippen molar-refractivity contribution >= 4 is 21.9 Å². The van der Waals surface area contributed by atoms with Crippen molar-refractivity contribution in [2.45, 2.75) is 26.3 Å². The minimum Gasteiger partial charge on any atom is -0.370 e. The van der Waals surface area contributed by atoms with E-state index in [0.29, 0.717) is 5.96 Å². The molecule has 0 aliphatic carbocycles. The molecule has 1 rings (SSSR count). The highest BCUT2D eigenvalue weighted by Crippen LogP contribution is 2.17. The van der Waals surface area contributed by atoms with Crippen LogP contribution in [-0.4, -0.2) is 12.5 Å². The number of nitrogens with zero attached hydrogens (tertiary/aromatic N) is 1. The maximum Gasteiger partial charge on any atom is 0.189 e. The number of halogens is 1. The number of hydrogen-bond donors (Lipinski definition) is 2. The molecule has 3 N–H and O–H groups in total. The molecule has 0 radical (unpaired) electrons. The molecule has 3 nitrogen and oxygen atoms in total. The molecule has 0 aliphatic rings. The zero-order chi connectivity index (χ0) is 12.0. The van der Waals surface area contributed by atoms with Crippen LogP contribution in [0.15, 0.2) is 33.7 Å². The van der Waals surface area contributed by atoms with Gasteiger partial charge in [-0.2, -0.15) is 0 Å². The largest absolute Gasteiger partial charge is 0.370 e. The second kappa shape index (κ2) is 6.53. The van der Waals surface area contributed by atoms with Crippen molar-refractivity contribution in [2.24, 2.45) is 10.7 Å². The highest BCUT2D eigenvalue weighted by atomic mass is 79.9. The lowest BCUT2D eigenvalue weighted by atomic mass is 10.1. The first-order valence-electron chi connectivity index (χ1n) is 5.45. The molecule has 0 heterocycles. The van der Waals surface area contributed by atoms with Crippen LogP contribution in [-0.2, 0) is 0 Å². The molecule has 0 saturated carbocycles. The lowest BCUT2D eigenvalue weighted by Crippen LogP contribution is -2.33. The van der Waals surface area contributed by atoms with Gasteiger partial charge in [0.05, 0.1) is 6.04 Å². The van der Waals surface area contributed by atoms with E-state index in [-0.39, 0.29) is 6.04 Å². The molecule has 1 atom stereocenters. The fraction of sp³-hybridized carbons (Fsp3) is 0.417. The van der Waals surface area contributed by atoms with E-state index in [9.17, 15) is 0 Å². The first-order chi connectivity index (χ1) is 7.63. The fourth-order valence-electron chi connectivity index (χ4n) is 1.36. The minimum absolute atomic E-state index is 0.165. The van der Waals surface area contributed by atoms with Gasteiger partial charge in [0.2, 0.25) is 0 Å². The van der Waals surface area contributed by atoms with Gasteiger partial charge in [-0.05, 0) is 31.0 Å². The Morgan fingerprint density at radius 3 is 2.94 bits per heavy atom. The van der Waals surface area contributed by atoms with Crippen molar-refractivity contribution in [1.29, 1.82) is 0 Å². The summed E-state index contributed by atoms with van der Waals surface area (Å²) in [6.07, 6.45) is 1.01. The van der Waals surface area contributed by atoms with Crippen molar-refractivity contribution in [3.05, 3.63) is 34.3 Å². The molecule has 16 heavy (non-hydrogen) atoms. The van der Waals surface area contributed by atoms with Gasteiger partial charge in [0.1, 0.15) is 0 Å². The maximum absolute atomic E-state index is 5.76. The normalized spacial score (nSPS) is 13.6. The van der Waals surface area contributed by atoms with Gasteiger partial charge in [-0.3, -0.25) is 4.99 Å². The second-order valence-electron chi connectivity index (χ2n) is 3.69. The summed E-state index contributed by atoms with van der Waals surface area (Å²) in [7, 11) is 0. The number of nitrogens with two attached hydrogens (primary N) is 1. The van der Waals surface area contributed by atoms with Gasteiger partial charge >= 0.3 is 0 Å². The predicted molar refractivity (Wildman–Crippen MR) is 72.5 cm³/mol. The summed E-state index contributed by atoms with van der Waals surface area (Å²) in [4.78, 5) is 4.20.